The van der Waals surface area contributed by atoms with Crippen molar-refractivity contribution in [2.45, 2.75) is 51.4 Å². The van der Waals surface area contributed by atoms with Gasteiger partial charge in [-0.3, -0.25) is 14.4 Å². The Labute approximate surface area is 126 Å². The number of hydrogen-bond acceptors (Lipinski definition) is 10. The molecule has 5 atom stereocenters. The van der Waals surface area contributed by atoms with Gasteiger partial charge in [0.25, 0.3) is 0 Å². The molecule has 1 saturated heterocycles. The van der Waals surface area contributed by atoms with Crippen molar-refractivity contribution in [1.82, 2.24) is 5.48 Å². The van der Waals surface area contributed by atoms with Crippen LogP contribution in [0.1, 0.15) is 20.8 Å². The van der Waals surface area contributed by atoms with E-state index in [-0.39, 0.29) is 6.61 Å². The van der Waals surface area contributed by atoms with Crippen LogP contribution in [0.25, 0.3) is 0 Å². The molecule has 1 aliphatic rings. The summed E-state index contributed by atoms with van der Waals surface area (Å²) in [5.41, 5.74) is 1.75. The first kappa shape index (κ1) is 18.3. The van der Waals surface area contributed by atoms with Crippen molar-refractivity contribution < 1.29 is 43.6 Å². The maximum Gasteiger partial charge on any atom is 0.303 e. The number of ether oxygens (including phenoxy) is 4. The van der Waals surface area contributed by atoms with Crippen molar-refractivity contribution in [2.75, 3.05) is 6.61 Å². The Morgan fingerprint density at radius 2 is 1.59 bits per heavy atom. The summed E-state index contributed by atoms with van der Waals surface area (Å²) in [6.45, 7) is 3.07. The highest BCUT2D eigenvalue weighted by molar-refractivity contribution is 5.67. The van der Waals surface area contributed by atoms with Crippen LogP contribution in [0, 0.1) is 0 Å². The topological polar surface area (TPSA) is 141 Å². The normalized spacial score (nSPS) is 31.2. The van der Waals surface area contributed by atoms with Crippen LogP contribution in [0.2, 0.25) is 0 Å². The number of carbonyl (C=O) groups excluding carboxylic acids is 3. The Morgan fingerprint density at radius 1 is 1.05 bits per heavy atom. The summed E-state index contributed by atoms with van der Waals surface area (Å²) in [4.78, 5) is 33.3. The smallest absolute Gasteiger partial charge is 0.303 e. The van der Waals surface area contributed by atoms with Gasteiger partial charge in [-0.25, -0.2) is 0 Å². The first-order chi connectivity index (χ1) is 10.3. The maximum atomic E-state index is 11.2. The fourth-order valence-corrected chi connectivity index (χ4v) is 2.06. The summed E-state index contributed by atoms with van der Waals surface area (Å²) < 4.78 is 20.0. The highest BCUT2D eigenvalue weighted by Crippen LogP contribution is 2.25. The average Bonchev–Trinajstić information content (AvgIpc) is 2.39. The lowest BCUT2D eigenvalue weighted by atomic mass is 9.97. The van der Waals surface area contributed by atoms with Gasteiger partial charge in [-0.05, 0) is 0 Å². The largest absolute Gasteiger partial charge is 0.463 e. The Balaban J connectivity index is 3.01. The van der Waals surface area contributed by atoms with Crippen molar-refractivity contribution in [3.8, 4) is 0 Å². The van der Waals surface area contributed by atoms with E-state index in [1.54, 1.807) is 5.48 Å². The Bertz CT molecular complexity index is 427. The molecule has 10 nitrogen and oxygen atoms in total. The highest BCUT2D eigenvalue weighted by atomic mass is 16.7. The minimum atomic E-state index is -1.58. The third-order valence-electron chi connectivity index (χ3n) is 2.87. The maximum absolute atomic E-state index is 11.2. The van der Waals surface area contributed by atoms with Crippen LogP contribution in [-0.2, 0) is 33.3 Å². The van der Waals surface area contributed by atoms with Crippen LogP contribution in [0.15, 0.2) is 0 Å². The quantitative estimate of drug-likeness (QED) is 0.310. The zero-order valence-electron chi connectivity index (χ0n) is 12.3. The van der Waals surface area contributed by atoms with E-state index in [2.05, 4.69) is 0 Å². The molecule has 0 radical (unpaired) electrons. The van der Waals surface area contributed by atoms with Gasteiger partial charge in [0.15, 0.2) is 18.5 Å². The lowest BCUT2D eigenvalue weighted by Crippen LogP contribution is -2.65. The number of rotatable bonds is 5. The number of hydrogen-bond donors (Lipinski definition) is 3. The van der Waals surface area contributed by atoms with Gasteiger partial charge in [0.05, 0.1) is 0 Å². The molecule has 1 heterocycles. The van der Waals surface area contributed by atoms with Gasteiger partial charge in [0, 0.05) is 20.8 Å². The lowest BCUT2D eigenvalue weighted by Gasteiger charge is -2.42. The number of aliphatic hydroxyl groups excluding tert-OH is 1. The second-order valence-corrected chi connectivity index (χ2v) is 4.67. The van der Waals surface area contributed by atoms with Crippen LogP contribution < -0.4 is 5.48 Å². The number of hydroxylamine groups is 1. The summed E-state index contributed by atoms with van der Waals surface area (Å²) in [6, 6.07) is -1.25. The molecule has 22 heavy (non-hydrogen) atoms. The molecule has 1 rings (SSSR count). The fourth-order valence-electron chi connectivity index (χ4n) is 2.06. The van der Waals surface area contributed by atoms with E-state index in [1.165, 1.54) is 6.92 Å². The van der Waals surface area contributed by atoms with E-state index in [9.17, 15) is 19.5 Å². The van der Waals surface area contributed by atoms with E-state index in [4.69, 9.17) is 24.2 Å². The molecular weight excluding hydrogens is 302 g/mol. The first-order valence-corrected chi connectivity index (χ1v) is 6.47. The average molecular weight is 321 g/mol. The first-order valence-electron chi connectivity index (χ1n) is 6.47. The van der Waals surface area contributed by atoms with Crippen molar-refractivity contribution in [1.29, 1.82) is 0 Å². The molecular formula is C12H19NO9. The summed E-state index contributed by atoms with van der Waals surface area (Å²) in [5, 5.41) is 18.9. The van der Waals surface area contributed by atoms with Crippen LogP contribution in [0.3, 0.4) is 0 Å². The number of aliphatic hydroxyl groups is 1. The molecule has 0 unspecified atom stereocenters. The van der Waals surface area contributed by atoms with Crippen molar-refractivity contribution >= 4 is 17.9 Å². The van der Waals surface area contributed by atoms with Gasteiger partial charge in [0.2, 0.25) is 0 Å². The molecule has 0 saturated carbocycles. The van der Waals surface area contributed by atoms with Gasteiger partial charge in [-0.1, -0.05) is 0 Å². The van der Waals surface area contributed by atoms with Gasteiger partial charge >= 0.3 is 17.9 Å². The van der Waals surface area contributed by atoms with Crippen LogP contribution >= 0.6 is 0 Å². The summed E-state index contributed by atoms with van der Waals surface area (Å²) in [5.74, 6) is -2.03. The summed E-state index contributed by atoms with van der Waals surface area (Å²) in [7, 11) is 0. The van der Waals surface area contributed by atoms with E-state index in [0.717, 1.165) is 13.8 Å². The summed E-state index contributed by atoms with van der Waals surface area (Å²) >= 11 is 0. The van der Waals surface area contributed by atoms with E-state index >= 15 is 0 Å². The summed E-state index contributed by atoms with van der Waals surface area (Å²) in [6.07, 6.45) is -5.08. The fraction of sp³-hybridized carbons (Fsp3) is 0.750. The van der Waals surface area contributed by atoms with Crippen molar-refractivity contribution in [3.63, 3.8) is 0 Å². The Hall–Kier alpha value is -1.75. The van der Waals surface area contributed by atoms with E-state index in [1.807, 2.05) is 0 Å². The number of nitrogens with one attached hydrogen (secondary N) is 1. The van der Waals surface area contributed by atoms with E-state index in [0.29, 0.717) is 0 Å². The van der Waals surface area contributed by atoms with Gasteiger partial charge in [-0.15, -0.1) is 0 Å². The molecule has 0 bridgehead atoms. The third kappa shape index (κ3) is 4.91. The molecule has 1 fully saturated rings. The minimum absolute atomic E-state index is 0.333. The van der Waals surface area contributed by atoms with Crippen LogP contribution in [-0.4, -0.2) is 65.5 Å². The van der Waals surface area contributed by atoms with Gasteiger partial charge in [-0.2, -0.15) is 5.48 Å². The molecule has 3 N–H and O–H groups in total. The number of esters is 3. The molecule has 0 aromatic rings. The predicted octanol–water partition coefficient (Wildman–Crippen LogP) is -1.52. The molecule has 0 aromatic heterocycles. The zero-order valence-corrected chi connectivity index (χ0v) is 12.3. The van der Waals surface area contributed by atoms with Crippen molar-refractivity contribution in [3.05, 3.63) is 0 Å². The van der Waals surface area contributed by atoms with Crippen molar-refractivity contribution in [2.24, 2.45) is 0 Å². The number of carbonyl (C=O) groups is 3. The molecule has 0 aromatic carbocycles. The Kier molecular flexibility index (Phi) is 6.68. The molecule has 1 aliphatic heterocycles. The lowest BCUT2D eigenvalue weighted by molar-refractivity contribution is -0.274. The molecule has 0 amide bonds. The standard InChI is InChI=1S/C12H19NO9/c1-5(14)19-4-8-10(20-6(2)15)11(21-7(3)16)9(13-18)12(17)22-8/h8-13,17-18H,4H2,1-3H3/t8-,9-,10-,11-,12-/m1/s1. The zero-order chi connectivity index (χ0) is 16.9. The van der Waals surface area contributed by atoms with Gasteiger partial charge < -0.3 is 29.3 Å². The monoisotopic (exact) mass is 321 g/mol. The Morgan fingerprint density at radius 3 is 2.05 bits per heavy atom. The van der Waals surface area contributed by atoms with Crippen LogP contribution in [0.5, 0.6) is 0 Å². The highest BCUT2D eigenvalue weighted by Gasteiger charge is 2.49. The predicted molar refractivity (Wildman–Crippen MR) is 67.3 cm³/mol. The molecule has 10 heteroatoms. The minimum Gasteiger partial charge on any atom is -0.463 e. The molecule has 0 spiro atoms. The molecule has 126 valence electrons. The van der Waals surface area contributed by atoms with Crippen LogP contribution in [0.4, 0.5) is 0 Å². The third-order valence-corrected chi connectivity index (χ3v) is 2.87. The second-order valence-electron chi connectivity index (χ2n) is 4.67. The molecule has 0 aliphatic carbocycles. The second kappa shape index (κ2) is 8.03. The SMILES string of the molecule is CC(=O)OC[C@H]1O[C@@H](O)[C@H](NO)[C@@H](OC(C)=O)[C@@H]1OC(C)=O. The van der Waals surface area contributed by atoms with Gasteiger partial charge in [0.1, 0.15) is 18.8 Å². The van der Waals surface area contributed by atoms with E-state index < -0.39 is 48.6 Å².